The van der Waals surface area contributed by atoms with E-state index in [4.69, 9.17) is 14.2 Å². The molecule has 1 aliphatic rings. The quantitative estimate of drug-likeness (QED) is 0.222. The van der Waals surface area contributed by atoms with Gasteiger partial charge in [0.15, 0.2) is 5.78 Å². The van der Waals surface area contributed by atoms with Crippen molar-refractivity contribution in [1.29, 1.82) is 0 Å². The van der Waals surface area contributed by atoms with E-state index < -0.39 is 5.97 Å². The van der Waals surface area contributed by atoms with E-state index in [2.05, 4.69) is 5.32 Å². The van der Waals surface area contributed by atoms with Crippen LogP contribution in [-0.4, -0.2) is 49.8 Å². The number of hydrogen-bond acceptors (Lipinski definition) is 6. The second-order valence-corrected chi connectivity index (χ2v) is 9.05. The van der Waals surface area contributed by atoms with Gasteiger partial charge in [0.2, 0.25) is 0 Å². The number of unbranched alkanes of at least 4 members (excludes halogenated alkanes) is 1. The number of ether oxygens (including phenoxy) is 3. The highest BCUT2D eigenvalue weighted by molar-refractivity contribution is 6.03. The molecule has 3 aromatic carbocycles. The van der Waals surface area contributed by atoms with Crippen LogP contribution in [0.15, 0.2) is 72.8 Å². The molecule has 0 bridgehead atoms. The summed E-state index contributed by atoms with van der Waals surface area (Å²) >= 11 is 0. The lowest BCUT2D eigenvalue weighted by molar-refractivity contribution is 0.0697. The first-order valence-corrected chi connectivity index (χ1v) is 12.7. The lowest BCUT2D eigenvalue weighted by Crippen LogP contribution is -2.46. The van der Waals surface area contributed by atoms with Crippen molar-refractivity contribution in [3.8, 4) is 17.2 Å². The summed E-state index contributed by atoms with van der Waals surface area (Å²) in [6, 6.07) is 22.3. The summed E-state index contributed by atoms with van der Waals surface area (Å²) in [6.07, 6.45) is 3.43. The lowest BCUT2D eigenvalue weighted by Gasteiger charge is -2.26. The number of nitrogens with one attached hydrogen (secondary N) is 1. The lowest BCUT2D eigenvalue weighted by atomic mass is 9.91. The minimum atomic E-state index is -1.06. The highest BCUT2D eigenvalue weighted by Crippen LogP contribution is 2.25. The van der Waals surface area contributed by atoms with Crippen LogP contribution in [0.4, 0.5) is 0 Å². The number of benzene rings is 3. The Balaban J connectivity index is 1.16. The summed E-state index contributed by atoms with van der Waals surface area (Å²) < 4.78 is 17.4. The average Bonchev–Trinajstić information content (AvgIpc) is 2.89. The molecule has 2 N–H and O–H groups in total. The summed E-state index contributed by atoms with van der Waals surface area (Å²) in [5.41, 5.74) is 1.61. The molecule has 0 aromatic heterocycles. The predicted octanol–water partition coefficient (Wildman–Crippen LogP) is 5.04. The van der Waals surface area contributed by atoms with Gasteiger partial charge in [-0.25, -0.2) is 4.79 Å². The maximum absolute atomic E-state index is 12.8. The molecular formula is C30H33NO6. The number of carbonyl (C=O) groups is 2. The minimum Gasteiger partial charge on any atom is -0.494 e. The summed E-state index contributed by atoms with van der Waals surface area (Å²) in [6.45, 7) is 2.96. The van der Waals surface area contributed by atoms with Crippen molar-refractivity contribution in [2.45, 2.75) is 25.7 Å². The fourth-order valence-corrected chi connectivity index (χ4v) is 3.99. The summed E-state index contributed by atoms with van der Waals surface area (Å²) in [5, 5.41) is 12.4. The van der Waals surface area contributed by atoms with Gasteiger partial charge in [-0.05, 0) is 73.7 Å². The van der Waals surface area contributed by atoms with E-state index in [0.717, 1.165) is 37.2 Å². The number of Topliss-reactive ketones (excluding diaryl/α,β-unsaturated/α-hetero) is 1. The first kappa shape index (κ1) is 26.2. The first-order chi connectivity index (χ1) is 18.1. The van der Waals surface area contributed by atoms with E-state index in [-0.39, 0.29) is 17.3 Å². The SMILES string of the molecule is O=C(O)c1ccc(OCCCc2ccc(OCCCCOc3ccccc3)cc2)c(C(=O)C2CNC2)c1. The molecule has 3 aromatic rings. The van der Waals surface area contributed by atoms with E-state index in [1.807, 2.05) is 54.6 Å². The Kier molecular flexibility index (Phi) is 9.54. The molecule has 0 aliphatic carbocycles. The van der Waals surface area contributed by atoms with Crippen molar-refractivity contribution in [3.63, 3.8) is 0 Å². The molecule has 4 rings (SSSR count). The molecule has 1 fully saturated rings. The van der Waals surface area contributed by atoms with Crippen molar-refractivity contribution in [3.05, 3.63) is 89.5 Å². The van der Waals surface area contributed by atoms with Gasteiger partial charge >= 0.3 is 5.97 Å². The Hall–Kier alpha value is -3.84. The zero-order valence-electron chi connectivity index (χ0n) is 20.9. The number of carbonyl (C=O) groups excluding carboxylic acids is 1. The fraction of sp³-hybridized carbons (Fsp3) is 0.333. The fourth-order valence-electron chi connectivity index (χ4n) is 3.99. The number of rotatable bonds is 15. The minimum absolute atomic E-state index is 0.0730. The molecule has 0 saturated carbocycles. The molecule has 1 saturated heterocycles. The molecule has 1 heterocycles. The van der Waals surface area contributed by atoms with Crippen molar-refractivity contribution in [1.82, 2.24) is 5.32 Å². The topological polar surface area (TPSA) is 94.1 Å². The number of aryl methyl sites for hydroxylation is 1. The van der Waals surface area contributed by atoms with Gasteiger partial charge in [0.05, 0.1) is 30.9 Å². The van der Waals surface area contributed by atoms with Gasteiger partial charge in [0, 0.05) is 19.0 Å². The largest absolute Gasteiger partial charge is 0.494 e. The Morgan fingerprint density at radius 1 is 0.784 bits per heavy atom. The van der Waals surface area contributed by atoms with Crippen molar-refractivity contribution >= 4 is 11.8 Å². The molecule has 7 heteroatoms. The van der Waals surface area contributed by atoms with Gasteiger partial charge in [-0.15, -0.1) is 0 Å². The third kappa shape index (κ3) is 7.82. The molecule has 7 nitrogen and oxygen atoms in total. The Morgan fingerprint density at radius 2 is 1.43 bits per heavy atom. The van der Waals surface area contributed by atoms with Crippen LogP contribution in [0.3, 0.4) is 0 Å². The van der Waals surface area contributed by atoms with Crippen LogP contribution >= 0.6 is 0 Å². The maximum Gasteiger partial charge on any atom is 0.335 e. The first-order valence-electron chi connectivity index (χ1n) is 12.7. The number of para-hydroxylation sites is 1. The van der Waals surface area contributed by atoms with E-state index in [1.54, 1.807) is 6.07 Å². The van der Waals surface area contributed by atoms with Gasteiger partial charge in [-0.3, -0.25) is 4.79 Å². The van der Waals surface area contributed by atoms with E-state index >= 15 is 0 Å². The third-order valence-electron chi connectivity index (χ3n) is 6.25. The highest BCUT2D eigenvalue weighted by Gasteiger charge is 2.28. The molecule has 37 heavy (non-hydrogen) atoms. The number of ketones is 1. The smallest absolute Gasteiger partial charge is 0.335 e. The summed E-state index contributed by atoms with van der Waals surface area (Å²) in [4.78, 5) is 24.1. The summed E-state index contributed by atoms with van der Waals surface area (Å²) in [5.74, 6) is 0.916. The Bertz CT molecular complexity index is 1160. The zero-order chi connectivity index (χ0) is 25.9. The van der Waals surface area contributed by atoms with Crippen LogP contribution in [0.2, 0.25) is 0 Å². The second kappa shape index (κ2) is 13.5. The molecule has 194 valence electrons. The van der Waals surface area contributed by atoms with Gasteiger partial charge in [0.25, 0.3) is 0 Å². The van der Waals surface area contributed by atoms with Crippen molar-refractivity contribution in [2.24, 2.45) is 5.92 Å². The van der Waals surface area contributed by atoms with Crippen molar-refractivity contribution in [2.75, 3.05) is 32.9 Å². The molecule has 0 radical (unpaired) electrons. The molecular weight excluding hydrogens is 470 g/mol. The molecule has 0 atom stereocenters. The Morgan fingerprint density at radius 3 is 2.05 bits per heavy atom. The third-order valence-corrected chi connectivity index (χ3v) is 6.25. The zero-order valence-corrected chi connectivity index (χ0v) is 20.9. The van der Waals surface area contributed by atoms with E-state index in [0.29, 0.717) is 44.2 Å². The Labute approximate surface area is 217 Å². The van der Waals surface area contributed by atoms with Gasteiger partial charge < -0.3 is 24.6 Å². The summed E-state index contributed by atoms with van der Waals surface area (Å²) in [7, 11) is 0. The molecule has 0 unspecified atom stereocenters. The van der Waals surface area contributed by atoms with Crippen LogP contribution in [0.5, 0.6) is 17.2 Å². The van der Waals surface area contributed by atoms with E-state index in [1.165, 1.54) is 17.7 Å². The number of hydrogen-bond donors (Lipinski definition) is 2. The van der Waals surface area contributed by atoms with Crippen molar-refractivity contribution < 1.29 is 28.9 Å². The number of aromatic carboxylic acids is 1. The van der Waals surface area contributed by atoms with Gasteiger partial charge in [0.1, 0.15) is 17.2 Å². The molecule has 0 amide bonds. The highest BCUT2D eigenvalue weighted by atomic mass is 16.5. The normalized spacial score (nSPS) is 13.0. The predicted molar refractivity (Wildman–Crippen MR) is 141 cm³/mol. The number of carboxylic acid groups (broad SMARTS) is 1. The number of carboxylic acids is 1. The van der Waals surface area contributed by atoms with Crippen LogP contribution in [0.25, 0.3) is 0 Å². The van der Waals surface area contributed by atoms with E-state index in [9.17, 15) is 14.7 Å². The van der Waals surface area contributed by atoms with Crippen LogP contribution in [0.1, 0.15) is 45.5 Å². The van der Waals surface area contributed by atoms with Gasteiger partial charge in [-0.2, -0.15) is 0 Å². The van der Waals surface area contributed by atoms with Gasteiger partial charge in [-0.1, -0.05) is 30.3 Å². The average molecular weight is 504 g/mol. The monoisotopic (exact) mass is 503 g/mol. The maximum atomic E-state index is 12.8. The van der Waals surface area contributed by atoms with Crippen LogP contribution in [-0.2, 0) is 6.42 Å². The molecule has 0 spiro atoms. The molecule has 1 aliphatic heterocycles. The van der Waals surface area contributed by atoms with Crippen LogP contribution in [0, 0.1) is 5.92 Å². The van der Waals surface area contributed by atoms with Crippen LogP contribution < -0.4 is 19.5 Å². The standard InChI is InChI=1S/C30H33NO6/c32-29(24-20-31-21-24)27-19-23(30(33)34)12-15-28(27)37-18-6-7-22-10-13-26(14-11-22)36-17-5-4-16-35-25-8-2-1-3-9-25/h1-3,8-15,19,24,31H,4-7,16-18,20-21H2,(H,33,34). The second-order valence-electron chi connectivity index (χ2n) is 9.05.